The molecule has 2 fully saturated rings. The number of nitrogens with zero attached hydrogens (tertiary/aromatic N) is 3. The molecule has 10 heteroatoms. The maximum Gasteiger partial charge on any atom is 0.259 e. The standard InChI is InChI=1S/C22H25N3O5S2/c1-2-30-20-9-4-3-8-19(20)23-22-25(12-15-31-22)21(26)17-6-5-7-18(16-17)32(27,28)24-10-13-29-14-11-24/h3-9,16H,2,10-15H2,1H3. The lowest BCUT2D eigenvalue weighted by Gasteiger charge is -2.26. The second-order valence-electron chi connectivity index (χ2n) is 7.14. The number of rotatable bonds is 6. The van der Waals surface area contributed by atoms with Crippen molar-refractivity contribution in [1.29, 1.82) is 0 Å². The van der Waals surface area contributed by atoms with Gasteiger partial charge in [0.1, 0.15) is 11.4 Å². The maximum absolute atomic E-state index is 13.3. The number of para-hydroxylation sites is 2. The van der Waals surface area contributed by atoms with E-state index in [9.17, 15) is 13.2 Å². The van der Waals surface area contributed by atoms with Gasteiger partial charge in [0.25, 0.3) is 5.91 Å². The lowest BCUT2D eigenvalue weighted by atomic mass is 10.2. The predicted octanol–water partition coefficient (Wildman–Crippen LogP) is 2.98. The van der Waals surface area contributed by atoms with Crippen LogP contribution in [-0.2, 0) is 14.8 Å². The van der Waals surface area contributed by atoms with Gasteiger partial charge in [-0.2, -0.15) is 4.31 Å². The Morgan fingerprint density at radius 1 is 1.12 bits per heavy atom. The van der Waals surface area contributed by atoms with Crippen molar-refractivity contribution in [2.45, 2.75) is 11.8 Å². The quantitative estimate of drug-likeness (QED) is 0.638. The third kappa shape index (κ3) is 4.83. The summed E-state index contributed by atoms with van der Waals surface area (Å²) in [6, 6.07) is 13.6. The van der Waals surface area contributed by atoms with Crippen LogP contribution in [0.5, 0.6) is 5.75 Å². The number of carbonyl (C=O) groups is 1. The Labute approximate surface area is 192 Å². The summed E-state index contributed by atoms with van der Waals surface area (Å²) in [5, 5.41) is 0.573. The average Bonchev–Trinajstić information content (AvgIpc) is 3.29. The molecule has 0 atom stereocenters. The van der Waals surface area contributed by atoms with Crippen LogP contribution in [0.2, 0.25) is 0 Å². The normalized spacial score (nSPS) is 18.8. The zero-order chi connectivity index (χ0) is 22.6. The van der Waals surface area contributed by atoms with E-state index < -0.39 is 10.0 Å². The molecule has 2 heterocycles. The number of morpholine rings is 1. The van der Waals surface area contributed by atoms with Gasteiger partial charge in [-0.25, -0.2) is 13.4 Å². The fourth-order valence-electron chi connectivity index (χ4n) is 3.49. The van der Waals surface area contributed by atoms with E-state index in [1.165, 1.54) is 28.2 Å². The average molecular weight is 476 g/mol. The largest absolute Gasteiger partial charge is 0.492 e. The SMILES string of the molecule is CCOc1ccccc1N=C1SCCN1C(=O)c1cccc(S(=O)(=O)N2CCOCC2)c1. The minimum absolute atomic E-state index is 0.109. The number of carbonyl (C=O) groups excluding carboxylic acids is 1. The zero-order valence-corrected chi connectivity index (χ0v) is 19.4. The van der Waals surface area contributed by atoms with Gasteiger partial charge in [0.2, 0.25) is 10.0 Å². The first-order valence-electron chi connectivity index (χ1n) is 10.4. The molecular weight excluding hydrogens is 450 g/mol. The summed E-state index contributed by atoms with van der Waals surface area (Å²) in [4.78, 5) is 19.7. The van der Waals surface area contributed by atoms with Gasteiger partial charge in [-0.05, 0) is 37.3 Å². The summed E-state index contributed by atoms with van der Waals surface area (Å²) in [5.41, 5.74) is 0.966. The lowest BCUT2D eigenvalue weighted by molar-refractivity contribution is 0.0730. The monoisotopic (exact) mass is 475 g/mol. The van der Waals surface area contributed by atoms with Crippen LogP contribution in [0.4, 0.5) is 5.69 Å². The number of amides is 1. The van der Waals surface area contributed by atoms with Crippen LogP contribution in [-0.4, -0.2) is 73.9 Å². The summed E-state index contributed by atoms with van der Waals surface area (Å²) in [6.07, 6.45) is 0. The minimum Gasteiger partial charge on any atom is -0.492 e. The highest BCUT2D eigenvalue weighted by Gasteiger charge is 2.30. The van der Waals surface area contributed by atoms with E-state index >= 15 is 0 Å². The molecule has 0 bridgehead atoms. The number of sulfonamides is 1. The molecule has 2 saturated heterocycles. The number of hydrogen-bond acceptors (Lipinski definition) is 7. The van der Waals surface area contributed by atoms with Crippen LogP contribution in [0.1, 0.15) is 17.3 Å². The Morgan fingerprint density at radius 3 is 2.69 bits per heavy atom. The maximum atomic E-state index is 13.3. The predicted molar refractivity (Wildman–Crippen MR) is 124 cm³/mol. The Kier molecular flexibility index (Phi) is 7.14. The first kappa shape index (κ1) is 22.8. The summed E-state index contributed by atoms with van der Waals surface area (Å²) >= 11 is 1.49. The van der Waals surface area contributed by atoms with Crippen LogP contribution in [0, 0.1) is 0 Å². The van der Waals surface area contributed by atoms with Gasteiger partial charge in [0.05, 0.1) is 24.7 Å². The van der Waals surface area contributed by atoms with E-state index in [2.05, 4.69) is 4.99 Å². The van der Waals surface area contributed by atoms with Crippen LogP contribution >= 0.6 is 11.8 Å². The number of thioether (sulfide) groups is 1. The van der Waals surface area contributed by atoms with E-state index in [4.69, 9.17) is 9.47 Å². The smallest absolute Gasteiger partial charge is 0.259 e. The molecule has 8 nitrogen and oxygen atoms in total. The topological polar surface area (TPSA) is 88.5 Å². The van der Waals surface area contributed by atoms with Crippen molar-refractivity contribution in [1.82, 2.24) is 9.21 Å². The van der Waals surface area contributed by atoms with Crippen LogP contribution in [0.15, 0.2) is 58.4 Å². The summed E-state index contributed by atoms with van der Waals surface area (Å²) in [6.45, 7) is 4.26. The Bertz CT molecular complexity index is 1110. The Balaban J connectivity index is 1.60. The highest BCUT2D eigenvalue weighted by Crippen LogP contribution is 2.31. The molecule has 0 spiro atoms. The third-order valence-corrected chi connectivity index (χ3v) is 7.94. The minimum atomic E-state index is -3.68. The molecule has 4 rings (SSSR count). The van der Waals surface area contributed by atoms with Gasteiger partial charge in [-0.3, -0.25) is 9.69 Å². The first-order chi connectivity index (χ1) is 15.5. The zero-order valence-electron chi connectivity index (χ0n) is 17.8. The van der Waals surface area contributed by atoms with Crippen molar-refractivity contribution >= 4 is 38.5 Å². The second-order valence-corrected chi connectivity index (χ2v) is 10.1. The van der Waals surface area contributed by atoms with E-state index in [1.54, 1.807) is 17.0 Å². The van der Waals surface area contributed by atoms with E-state index in [0.717, 1.165) is 0 Å². The number of ether oxygens (including phenoxy) is 2. The molecule has 0 aliphatic carbocycles. The first-order valence-corrected chi connectivity index (χ1v) is 12.9. The van der Waals surface area contributed by atoms with Gasteiger partial charge in [0, 0.05) is 31.0 Å². The van der Waals surface area contributed by atoms with Gasteiger partial charge in [-0.15, -0.1) is 0 Å². The molecule has 170 valence electrons. The lowest BCUT2D eigenvalue weighted by Crippen LogP contribution is -2.40. The highest BCUT2D eigenvalue weighted by atomic mass is 32.2. The van der Waals surface area contributed by atoms with Crippen molar-refractivity contribution in [2.24, 2.45) is 4.99 Å². The van der Waals surface area contributed by atoms with Gasteiger partial charge >= 0.3 is 0 Å². The van der Waals surface area contributed by atoms with Crippen LogP contribution in [0.25, 0.3) is 0 Å². The van der Waals surface area contributed by atoms with E-state index in [0.29, 0.717) is 67.4 Å². The number of amidine groups is 1. The molecule has 2 aliphatic heterocycles. The summed E-state index contributed by atoms with van der Waals surface area (Å²) in [5.74, 6) is 1.09. The fourth-order valence-corrected chi connectivity index (χ4v) is 5.90. The molecule has 1 amide bonds. The summed E-state index contributed by atoms with van der Waals surface area (Å²) in [7, 11) is -3.68. The van der Waals surface area contributed by atoms with E-state index in [1.807, 2.05) is 31.2 Å². The Hall–Kier alpha value is -2.40. The molecule has 2 aromatic rings. The number of benzene rings is 2. The van der Waals surface area contributed by atoms with Crippen molar-refractivity contribution in [3.63, 3.8) is 0 Å². The third-order valence-electron chi connectivity index (χ3n) is 5.09. The van der Waals surface area contributed by atoms with Crippen molar-refractivity contribution in [3.8, 4) is 5.75 Å². The van der Waals surface area contributed by atoms with E-state index in [-0.39, 0.29) is 10.8 Å². The molecule has 2 aromatic carbocycles. The van der Waals surface area contributed by atoms with Gasteiger partial charge in [-0.1, -0.05) is 30.0 Å². The molecule has 32 heavy (non-hydrogen) atoms. The number of hydrogen-bond donors (Lipinski definition) is 0. The van der Waals surface area contributed by atoms with Crippen LogP contribution < -0.4 is 4.74 Å². The molecular formula is C22H25N3O5S2. The molecule has 0 saturated carbocycles. The molecule has 0 unspecified atom stereocenters. The molecule has 0 N–H and O–H groups in total. The van der Waals surface area contributed by atoms with Gasteiger partial charge < -0.3 is 9.47 Å². The molecule has 0 aromatic heterocycles. The van der Waals surface area contributed by atoms with Gasteiger partial charge in [0.15, 0.2) is 5.17 Å². The van der Waals surface area contributed by atoms with Crippen molar-refractivity contribution in [2.75, 3.05) is 45.2 Å². The van der Waals surface area contributed by atoms with Crippen molar-refractivity contribution < 1.29 is 22.7 Å². The van der Waals surface area contributed by atoms with Crippen LogP contribution in [0.3, 0.4) is 0 Å². The fraction of sp³-hybridized carbons (Fsp3) is 0.364. The second kappa shape index (κ2) is 10.0. The highest BCUT2D eigenvalue weighted by molar-refractivity contribution is 8.14. The van der Waals surface area contributed by atoms with Crippen molar-refractivity contribution in [3.05, 3.63) is 54.1 Å². The summed E-state index contributed by atoms with van der Waals surface area (Å²) < 4.78 is 38.3. The Morgan fingerprint density at radius 2 is 1.91 bits per heavy atom. The molecule has 2 aliphatic rings. The molecule has 0 radical (unpaired) electrons. The number of aliphatic imine (C=N–C) groups is 1.